The Hall–Kier alpha value is -2.01. The van der Waals surface area contributed by atoms with Gasteiger partial charge in [0.15, 0.2) is 5.76 Å². The van der Waals surface area contributed by atoms with Gasteiger partial charge in [0, 0.05) is 6.54 Å². The number of Topliss-reactive ketones (excluding diaryl/α,β-unsaturated/α-hetero) is 1. The lowest BCUT2D eigenvalue weighted by Gasteiger charge is -2.22. The van der Waals surface area contributed by atoms with Crippen molar-refractivity contribution in [2.75, 3.05) is 13.1 Å². The topological polar surface area (TPSA) is 49.8 Å². The van der Waals surface area contributed by atoms with Crippen molar-refractivity contribution < 1.29 is 14.6 Å². The van der Waals surface area contributed by atoms with E-state index in [4.69, 9.17) is 27.9 Å². The van der Waals surface area contributed by atoms with Crippen LogP contribution in [0.25, 0.3) is 6.08 Å². The fourth-order valence-electron chi connectivity index (χ4n) is 3.61. The van der Waals surface area contributed by atoms with E-state index >= 15 is 0 Å². The maximum Gasteiger partial charge on any atom is 0.232 e. The Morgan fingerprint density at radius 1 is 1.10 bits per heavy atom. The molecule has 6 heteroatoms. The fraction of sp³-hybridized carbons (Fsp3) is 0.348. The number of aryl methyl sites for hydroxylation is 1. The molecule has 1 aliphatic rings. The van der Waals surface area contributed by atoms with Gasteiger partial charge in [-0.05, 0) is 68.3 Å². The van der Waals surface area contributed by atoms with Crippen LogP contribution in [0.5, 0.6) is 11.5 Å². The maximum absolute atomic E-state index is 13.0. The van der Waals surface area contributed by atoms with Crippen LogP contribution >= 0.6 is 23.2 Å². The van der Waals surface area contributed by atoms with E-state index in [1.165, 1.54) is 0 Å². The molecule has 0 bridgehead atoms. The first-order valence-electron chi connectivity index (χ1n) is 9.82. The molecule has 154 valence electrons. The predicted octanol–water partition coefficient (Wildman–Crippen LogP) is 6.25. The highest BCUT2D eigenvalue weighted by molar-refractivity contribution is 6.42. The van der Waals surface area contributed by atoms with Crippen molar-refractivity contribution in [3.63, 3.8) is 0 Å². The number of nitrogens with zero attached hydrogens (tertiary/aromatic N) is 1. The number of hydrogen-bond donors (Lipinski definition) is 1. The summed E-state index contributed by atoms with van der Waals surface area (Å²) in [6, 6.07) is 6.79. The number of ether oxygens (including phenoxy) is 1. The summed E-state index contributed by atoms with van der Waals surface area (Å²) >= 11 is 12.1. The highest BCUT2D eigenvalue weighted by Crippen LogP contribution is 2.42. The quantitative estimate of drug-likeness (QED) is 0.524. The summed E-state index contributed by atoms with van der Waals surface area (Å²) in [6.45, 7) is 8.41. The first-order chi connectivity index (χ1) is 13.8. The standard InChI is InChI=1S/C23H25Cl2NO3/c1-4-8-26(9-5-2)13-16-19(27)10-14(3)21-22(28)20(29-23(16)21)12-15-6-7-17(24)18(25)11-15/h6-7,10-12,27H,4-5,8-9,13H2,1-3H3/b20-12+. The maximum atomic E-state index is 13.0. The zero-order valence-electron chi connectivity index (χ0n) is 16.9. The second kappa shape index (κ2) is 9.21. The van der Waals surface area contributed by atoms with Gasteiger partial charge in [-0.25, -0.2) is 0 Å². The number of allylic oxidation sites excluding steroid dienone is 1. The van der Waals surface area contributed by atoms with E-state index in [1.54, 1.807) is 30.3 Å². The van der Waals surface area contributed by atoms with Gasteiger partial charge in [0.1, 0.15) is 11.5 Å². The van der Waals surface area contributed by atoms with Gasteiger partial charge >= 0.3 is 0 Å². The number of aromatic hydroxyl groups is 1. The Bertz CT molecular complexity index is 963. The van der Waals surface area contributed by atoms with E-state index in [-0.39, 0.29) is 17.3 Å². The number of carbonyl (C=O) groups excluding carboxylic acids is 1. The van der Waals surface area contributed by atoms with Crippen molar-refractivity contribution in [1.82, 2.24) is 4.90 Å². The van der Waals surface area contributed by atoms with E-state index in [9.17, 15) is 9.90 Å². The van der Waals surface area contributed by atoms with Crippen LogP contribution in [0.15, 0.2) is 30.0 Å². The number of halogens is 2. The zero-order valence-corrected chi connectivity index (χ0v) is 18.4. The normalized spacial score (nSPS) is 14.6. The van der Waals surface area contributed by atoms with Gasteiger partial charge in [-0.3, -0.25) is 9.69 Å². The largest absolute Gasteiger partial charge is 0.507 e. The molecule has 1 N–H and O–H groups in total. The van der Waals surface area contributed by atoms with Gasteiger partial charge in [-0.2, -0.15) is 0 Å². The minimum Gasteiger partial charge on any atom is -0.507 e. The van der Waals surface area contributed by atoms with Crippen LogP contribution in [0.3, 0.4) is 0 Å². The number of phenols is 1. The Morgan fingerprint density at radius 3 is 2.41 bits per heavy atom. The third-order valence-electron chi connectivity index (χ3n) is 4.92. The molecule has 0 atom stereocenters. The van der Waals surface area contributed by atoms with Crippen LogP contribution in [0.2, 0.25) is 10.0 Å². The summed E-state index contributed by atoms with van der Waals surface area (Å²) < 4.78 is 5.99. The summed E-state index contributed by atoms with van der Waals surface area (Å²) in [4.78, 5) is 15.3. The van der Waals surface area contributed by atoms with Crippen LogP contribution in [0.1, 0.15) is 53.7 Å². The predicted molar refractivity (Wildman–Crippen MR) is 118 cm³/mol. The van der Waals surface area contributed by atoms with E-state index in [0.717, 1.165) is 31.5 Å². The molecule has 0 saturated heterocycles. The van der Waals surface area contributed by atoms with Crippen LogP contribution in [0, 0.1) is 6.92 Å². The number of benzene rings is 2. The minimum absolute atomic E-state index is 0.155. The molecule has 0 amide bonds. The summed E-state index contributed by atoms with van der Waals surface area (Å²) in [5.74, 6) is 0.631. The molecule has 2 aromatic rings. The molecule has 3 rings (SSSR count). The lowest BCUT2D eigenvalue weighted by atomic mass is 9.99. The molecule has 2 aromatic carbocycles. The van der Waals surface area contributed by atoms with Crippen LogP contribution in [-0.2, 0) is 6.54 Å². The summed E-state index contributed by atoms with van der Waals surface area (Å²) in [5.41, 5.74) is 2.58. The Balaban J connectivity index is 2.00. The van der Waals surface area contributed by atoms with Crippen molar-refractivity contribution in [2.45, 2.75) is 40.2 Å². The second-order valence-electron chi connectivity index (χ2n) is 7.28. The molecule has 0 unspecified atom stereocenters. The van der Waals surface area contributed by atoms with E-state index < -0.39 is 0 Å². The molecule has 0 radical (unpaired) electrons. The van der Waals surface area contributed by atoms with Gasteiger partial charge in [-0.15, -0.1) is 0 Å². The summed E-state index contributed by atoms with van der Waals surface area (Å²) in [5, 5.41) is 11.5. The number of ketones is 1. The summed E-state index contributed by atoms with van der Waals surface area (Å²) in [7, 11) is 0. The Labute approximate surface area is 181 Å². The van der Waals surface area contributed by atoms with Crippen LogP contribution in [0.4, 0.5) is 0 Å². The highest BCUT2D eigenvalue weighted by Gasteiger charge is 2.33. The average Bonchev–Trinajstić information content (AvgIpc) is 2.98. The third kappa shape index (κ3) is 4.61. The van der Waals surface area contributed by atoms with Crippen molar-refractivity contribution in [2.24, 2.45) is 0 Å². The molecule has 1 aliphatic heterocycles. The average molecular weight is 434 g/mol. The number of fused-ring (bicyclic) bond motifs is 1. The first kappa shape index (κ1) is 21.7. The summed E-state index contributed by atoms with van der Waals surface area (Å²) in [6.07, 6.45) is 3.68. The van der Waals surface area contributed by atoms with Crippen LogP contribution in [-0.4, -0.2) is 28.9 Å². The fourth-order valence-corrected chi connectivity index (χ4v) is 3.92. The molecule has 29 heavy (non-hydrogen) atoms. The first-order valence-corrected chi connectivity index (χ1v) is 10.6. The molecule has 1 heterocycles. The smallest absolute Gasteiger partial charge is 0.232 e. The molecule has 4 nitrogen and oxygen atoms in total. The van der Waals surface area contributed by atoms with E-state index in [0.29, 0.717) is 39.0 Å². The Morgan fingerprint density at radius 2 is 1.79 bits per heavy atom. The van der Waals surface area contributed by atoms with Crippen molar-refractivity contribution >= 4 is 35.1 Å². The minimum atomic E-state index is -0.192. The third-order valence-corrected chi connectivity index (χ3v) is 5.66. The number of carbonyl (C=O) groups is 1. The van der Waals surface area contributed by atoms with Crippen molar-refractivity contribution in [3.8, 4) is 11.5 Å². The second-order valence-corrected chi connectivity index (χ2v) is 8.10. The zero-order chi connectivity index (χ0) is 21.1. The van der Waals surface area contributed by atoms with Gasteiger partial charge < -0.3 is 9.84 Å². The lowest BCUT2D eigenvalue weighted by molar-refractivity contribution is 0.101. The molecule has 0 aromatic heterocycles. The van der Waals surface area contributed by atoms with Gasteiger partial charge in [0.25, 0.3) is 0 Å². The van der Waals surface area contributed by atoms with Crippen molar-refractivity contribution in [3.05, 3.63) is 62.3 Å². The SMILES string of the molecule is CCCN(CCC)Cc1c(O)cc(C)c2c1O/C(=C/c1ccc(Cl)c(Cl)c1)C2=O. The number of rotatable bonds is 7. The molecule has 0 fully saturated rings. The van der Waals surface area contributed by atoms with Gasteiger partial charge in [0.05, 0.1) is 21.2 Å². The van der Waals surface area contributed by atoms with Gasteiger partial charge in [0.2, 0.25) is 5.78 Å². The van der Waals surface area contributed by atoms with Gasteiger partial charge in [-0.1, -0.05) is 43.1 Å². The molecular weight excluding hydrogens is 409 g/mol. The highest BCUT2D eigenvalue weighted by atomic mass is 35.5. The van der Waals surface area contributed by atoms with Crippen molar-refractivity contribution in [1.29, 1.82) is 0 Å². The lowest BCUT2D eigenvalue weighted by Crippen LogP contribution is -2.25. The molecule has 0 saturated carbocycles. The number of hydrogen-bond acceptors (Lipinski definition) is 4. The molecule has 0 spiro atoms. The van der Waals surface area contributed by atoms with E-state index in [2.05, 4.69) is 18.7 Å². The molecular formula is C23H25Cl2NO3. The van der Waals surface area contributed by atoms with E-state index in [1.807, 2.05) is 6.92 Å². The Kier molecular flexibility index (Phi) is 6.89. The number of phenolic OH excluding ortho intramolecular Hbond substituents is 1. The monoisotopic (exact) mass is 433 g/mol. The molecule has 0 aliphatic carbocycles. The van der Waals surface area contributed by atoms with Crippen LogP contribution < -0.4 is 4.74 Å².